The number of carbonyl (C=O) groups is 1. The van der Waals surface area contributed by atoms with Crippen molar-refractivity contribution in [3.05, 3.63) is 53.1 Å². The molecule has 0 spiro atoms. The molecule has 0 amide bonds. The molecule has 0 heterocycles. The molecule has 2 nitrogen and oxygen atoms in total. The molecule has 2 rings (SSSR count). The first-order valence-electron chi connectivity index (χ1n) is 4.76. The number of aldehydes is 1. The van der Waals surface area contributed by atoms with Gasteiger partial charge in [0.15, 0.2) is 6.29 Å². The first kappa shape index (κ1) is 10.7. The Kier molecular flexibility index (Phi) is 2.93. The number of carbonyl (C=O) groups excluding carboxylic acids is 1. The fourth-order valence-electron chi connectivity index (χ4n) is 1.57. The van der Waals surface area contributed by atoms with Crippen LogP contribution >= 0.6 is 11.6 Å². The monoisotopic (exact) mass is 232 g/mol. The maximum absolute atomic E-state index is 11.0. The van der Waals surface area contributed by atoms with Gasteiger partial charge in [0.05, 0.1) is 10.6 Å². The number of halogens is 1. The Morgan fingerprint density at radius 1 is 1.06 bits per heavy atom. The Bertz CT molecular complexity index is 521. The number of hydrogen-bond donors (Lipinski definition) is 1. The van der Waals surface area contributed by atoms with Gasteiger partial charge in [-0.15, -0.1) is 0 Å². The minimum atomic E-state index is -0.169. The maximum atomic E-state index is 11.0. The molecule has 0 unspecified atom stereocenters. The lowest BCUT2D eigenvalue weighted by atomic mass is 10.00. The molecule has 3 heteroatoms. The van der Waals surface area contributed by atoms with E-state index in [1.807, 2.05) is 30.3 Å². The molecule has 2 aromatic carbocycles. The Morgan fingerprint density at radius 2 is 1.75 bits per heavy atom. The maximum Gasteiger partial charge on any atom is 0.154 e. The van der Waals surface area contributed by atoms with Crippen LogP contribution in [0.1, 0.15) is 10.4 Å². The number of hydrogen-bond acceptors (Lipinski definition) is 2. The molecule has 0 radical (unpaired) electrons. The van der Waals surface area contributed by atoms with Crippen LogP contribution in [0.25, 0.3) is 11.1 Å². The molecule has 80 valence electrons. The van der Waals surface area contributed by atoms with Gasteiger partial charge in [-0.05, 0) is 17.2 Å². The van der Waals surface area contributed by atoms with Crippen molar-refractivity contribution in [1.29, 1.82) is 0 Å². The highest BCUT2D eigenvalue weighted by Crippen LogP contribution is 2.34. The fourth-order valence-corrected chi connectivity index (χ4v) is 1.73. The molecule has 0 aromatic heterocycles. The van der Waals surface area contributed by atoms with Gasteiger partial charge in [0.25, 0.3) is 0 Å². The van der Waals surface area contributed by atoms with E-state index in [1.165, 1.54) is 0 Å². The Morgan fingerprint density at radius 3 is 2.38 bits per heavy atom. The molecule has 0 fully saturated rings. The molecule has 0 saturated heterocycles. The van der Waals surface area contributed by atoms with Gasteiger partial charge in [-0.3, -0.25) is 4.79 Å². The highest BCUT2D eigenvalue weighted by atomic mass is 35.5. The SMILES string of the molecule is O=Cc1c(-c2ccccc2)ccc(Cl)c1O. The Labute approximate surface area is 98.1 Å². The second-order valence-electron chi connectivity index (χ2n) is 3.34. The summed E-state index contributed by atoms with van der Waals surface area (Å²) in [7, 11) is 0. The molecule has 0 bridgehead atoms. The molecule has 0 aliphatic heterocycles. The zero-order valence-corrected chi connectivity index (χ0v) is 9.11. The zero-order chi connectivity index (χ0) is 11.5. The molecule has 0 aliphatic carbocycles. The van der Waals surface area contributed by atoms with Gasteiger partial charge in [-0.25, -0.2) is 0 Å². The summed E-state index contributed by atoms with van der Waals surface area (Å²) in [4.78, 5) is 11.0. The van der Waals surface area contributed by atoms with E-state index in [2.05, 4.69) is 0 Å². The van der Waals surface area contributed by atoms with E-state index in [9.17, 15) is 9.90 Å². The first-order chi connectivity index (χ1) is 7.74. The fraction of sp³-hybridized carbons (Fsp3) is 0. The molecule has 0 aliphatic rings. The van der Waals surface area contributed by atoms with Crippen molar-refractivity contribution in [3.8, 4) is 16.9 Å². The van der Waals surface area contributed by atoms with Crippen molar-refractivity contribution in [1.82, 2.24) is 0 Å². The lowest BCUT2D eigenvalue weighted by Gasteiger charge is -2.07. The van der Waals surface area contributed by atoms with Crippen molar-refractivity contribution in [2.24, 2.45) is 0 Å². The summed E-state index contributed by atoms with van der Waals surface area (Å²) in [5, 5.41) is 9.86. The van der Waals surface area contributed by atoms with Gasteiger partial charge in [0, 0.05) is 0 Å². The van der Waals surface area contributed by atoms with Gasteiger partial charge in [-0.1, -0.05) is 48.0 Å². The lowest BCUT2D eigenvalue weighted by molar-refractivity contribution is 0.112. The van der Waals surface area contributed by atoms with Crippen molar-refractivity contribution in [3.63, 3.8) is 0 Å². The number of phenols is 1. The number of aromatic hydroxyl groups is 1. The molecule has 1 N–H and O–H groups in total. The third-order valence-corrected chi connectivity index (χ3v) is 2.68. The van der Waals surface area contributed by atoms with Crippen LogP contribution in [-0.2, 0) is 0 Å². The smallest absolute Gasteiger partial charge is 0.154 e. The van der Waals surface area contributed by atoms with Crippen LogP contribution in [0.2, 0.25) is 5.02 Å². The summed E-state index contributed by atoms with van der Waals surface area (Å²) in [6.45, 7) is 0. The molecule has 2 aromatic rings. The number of phenolic OH excluding ortho intramolecular Hbond substituents is 1. The van der Waals surface area contributed by atoms with E-state index in [0.717, 1.165) is 5.56 Å². The van der Waals surface area contributed by atoms with Gasteiger partial charge >= 0.3 is 0 Å². The van der Waals surface area contributed by atoms with Gasteiger partial charge < -0.3 is 5.11 Å². The van der Waals surface area contributed by atoms with Crippen LogP contribution in [0.4, 0.5) is 0 Å². The van der Waals surface area contributed by atoms with E-state index < -0.39 is 0 Å². The first-order valence-corrected chi connectivity index (χ1v) is 5.14. The minimum absolute atomic E-state index is 0.169. The molecular weight excluding hydrogens is 224 g/mol. The van der Waals surface area contributed by atoms with E-state index in [-0.39, 0.29) is 16.3 Å². The third-order valence-electron chi connectivity index (χ3n) is 2.37. The number of benzene rings is 2. The standard InChI is InChI=1S/C13H9ClO2/c14-12-7-6-10(11(8-15)13(12)16)9-4-2-1-3-5-9/h1-8,16H. The van der Waals surface area contributed by atoms with Crippen molar-refractivity contribution in [2.75, 3.05) is 0 Å². The second-order valence-corrected chi connectivity index (χ2v) is 3.75. The summed E-state index contributed by atoms with van der Waals surface area (Å²) < 4.78 is 0. The van der Waals surface area contributed by atoms with Crippen LogP contribution < -0.4 is 0 Å². The van der Waals surface area contributed by atoms with Crippen LogP contribution in [0.3, 0.4) is 0 Å². The topological polar surface area (TPSA) is 37.3 Å². The van der Waals surface area contributed by atoms with Crippen LogP contribution in [0.5, 0.6) is 5.75 Å². The summed E-state index contributed by atoms with van der Waals surface area (Å²) in [5.41, 5.74) is 1.77. The lowest BCUT2D eigenvalue weighted by Crippen LogP contribution is -1.89. The van der Waals surface area contributed by atoms with Crippen molar-refractivity contribution < 1.29 is 9.90 Å². The van der Waals surface area contributed by atoms with Crippen molar-refractivity contribution in [2.45, 2.75) is 0 Å². The van der Waals surface area contributed by atoms with Gasteiger partial charge in [0.1, 0.15) is 5.75 Å². The second kappa shape index (κ2) is 4.37. The summed E-state index contributed by atoms with van der Waals surface area (Å²) in [6.07, 6.45) is 0.615. The molecular formula is C13H9ClO2. The normalized spacial score (nSPS) is 10.1. The highest BCUT2D eigenvalue weighted by Gasteiger charge is 2.11. The molecule has 0 atom stereocenters. The predicted octanol–water partition coefficient (Wildman–Crippen LogP) is 3.53. The molecule has 16 heavy (non-hydrogen) atoms. The predicted molar refractivity (Wildman–Crippen MR) is 63.9 cm³/mol. The van der Waals surface area contributed by atoms with Crippen LogP contribution in [0.15, 0.2) is 42.5 Å². The Balaban J connectivity index is 2.67. The van der Waals surface area contributed by atoms with E-state index in [1.54, 1.807) is 12.1 Å². The largest absolute Gasteiger partial charge is 0.506 e. The summed E-state index contributed by atoms with van der Waals surface area (Å²) in [6, 6.07) is 12.7. The average molecular weight is 233 g/mol. The van der Waals surface area contributed by atoms with Crippen LogP contribution in [0, 0.1) is 0 Å². The highest BCUT2D eigenvalue weighted by molar-refractivity contribution is 6.32. The van der Waals surface area contributed by atoms with Gasteiger partial charge in [0.2, 0.25) is 0 Å². The van der Waals surface area contributed by atoms with Gasteiger partial charge in [-0.2, -0.15) is 0 Å². The number of rotatable bonds is 2. The Hall–Kier alpha value is -1.80. The average Bonchev–Trinajstić information content (AvgIpc) is 2.33. The summed E-state index contributed by atoms with van der Waals surface area (Å²) >= 11 is 5.74. The molecule has 0 saturated carbocycles. The van der Waals surface area contributed by atoms with E-state index in [4.69, 9.17) is 11.6 Å². The summed E-state index contributed by atoms with van der Waals surface area (Å²) in [5.74, 6) is -0.169. The van der Waals surface area contributed by atoms with Crippen LogP contribution in [-0.4, -0.2) is 11.4 Å². The van der Waals surface area contributed by atoms with E-state index in [0.29, 0.717) is 11.8 Å². The quantitative estimate of drug-likeness (QED) is 0.805. The zero-order valence-electron chi connectivity index (χ0n) is 8.35. The third kappa shape index (κ3) is 1.79. The minimum Gasteiger partial charge on any atom is -0.506 e. The van der Waals surface area contributed by atoms with E-state index >= 15 is 0 Å². The van der Waals surface area contributed by atoms with Crippen molar-refractivity contribution >= 4 is 17.9 Å².